The van der Waals surface area contributed by atoms with Gasteiger partial charge in [-0.3, -0.25) is 0 Å². The van der Waals surface area contributed by atoms with E-state index in [0.29, 0.717) is 5.82 Å². The molecule has 0 aromatic carbocycles. The van der Waals surface area contributed by atoms with Gasteiger partial charge in [-0.25, -0.2) is 4.98 Å². The zero-order chi connectivity index (χ0) is 10.2. The number of anilines is 1. The van der Waals surface area contributed by atoms with Gasteiger partial charge in [-0.2, -0.15) is 0 Å². The Balaban J connectivity index is 3.38. The van der Waals surface area contributed by atoms with Crippen molar-refractivity contribution in [2.45, 2.75) is 33.3 Å². The van der Waals surface area contributed by atoms with Crippen molar-refractivity contribution >= 4 is 5.82 Å². The highest BCUT2D eigenvalue weighted by Gasteiger charge is 2.22. The molecule has 72 valence electrons. The van der Waals surface area contributed by atoms with Crippen molar-refractivity contribution < 1.29 is 5.11 Å². The predicted molar refractivity (Wildman–Crippen MR) is 53.4 cm³/mol. The van der Waals surface area contributed by atoms with Gasteiger partial charge in [0, 0.05) is 11.3 Å². The molecule has 1 aromatic heterocycles. The van der Waals surface area contributed by atoms with Gasteiger partial charge in [0.1, 0.15) is 5.82 Å². The third kappa shape index (κ3) is 1.98. The molecule has 0 aliphatic heterocycles. The summed E-state index contributed by atoms with van der Waals surface area (Å²) in [5.74, 6) is 0.421. The standard InChI is InChI=1S/C10H16N2O/c1-6-5-7(2)12-9(11)8(6)10(3,4)13/h5,13H,1-4H3,(H2,11,12). The Morgan fingerprint density at radius 1 is 1.38 bits per heavy atom. The molecular weight excluding hydrogens is 164 g/mol. The molecule has 1 rings (SSSR count). The minimum Gasteiger partial charge on any atom is -0.386 e. The first-order valence-electron chi connectivity index (χ1n) is 4.29. The summed E-state index contributed by atoms with van der Waals surface area (Å²) in [5.41, 5.74) is 7.40. The molecule has 3 nitrogen and oxygen atoms in total. The van der Waals surface area contributed by atoms with Crippen molar-refractivity contribution in [3.05, 3.63) is 22.9 Å². The van der Waals surface area contributed by atoms with Crippen LogP contribution in [0.5, 0.6) is 0 Å². The number of hydrogen-bond acceptors (Lipinski definition) is 3. The SMILES string of the molecule is Cc1cc(C)c(C(C)(C)O)c(N)n1. The van der Waals surface area contributed by atoms with Crippen LogP contribution in [-0.4, -0.2) is 10.1 Å². The molecule has 0 radical (unpaired) electrons. The second kappa shape index (κ2) is 3.00. The van der Waals surface area contributed by atoms with Crippen molar-refractivity contribution in [2.24, 2.45) is 0 Å². The van der Waals surface area contributed by atoms with Gasteiger partial charge in [-0.1, -0.05) is 0 Å². The Morgan fingerprint density at radius 2 is 1.92 bits per heavy atom. The highest BCUT2D eigenvalue weighted by molar-refractivity contribution is 5.48. The van der Waals surface area contributed by atoms with E-state index in [2.05, 4.69) is 4.98 Å². The summed E-state index contributed by atoms with van der Waals surface area (Å²) in [6.45, 7) is 7.24. The van der Waals surface area contributed by atoms with Crippen molar-refractivity contribution in [1.82, 2.24) is 4.98 Å². The topological polar surface area (TPSA) is 59.1 Å². The van der Waals surface area contributed by atoms with Crippen LogP contribution < -0.4 is 5.73 Å². The minimum atomic E-state index is -0.922. The number of nitrogen functional groups attached to an aromatic ring is 1. The molecule has 3 N–H and O–H groups in total. The zero-order valence-electron chi connectivity index (χ0n) is 8.55. The molecular formula is C10H16N2O. The second-order valence-electron chi connectivity index (χ2n) is 3.90. The smallest absolute Gasteiger partial charge is 0.130 e. The summed E-state index contributed by atoms with van der Waals surface area (Å²) < 4.78 is 0. The van der Waals surface area contributed by atoms with Crippen LogP contribution in [0.3, 0.4) is 0 Å². The van der Waals surface area contributed by atoms with Crippen molar-refractivity contribution in [2.75, 3.05) is 5.73 Å². The van der Waals surface area contributed by atoms with E-state index in [1.807, 2.05) is 19.9 Å². The third-order valence-electron chi connectivity index (χ3n) is 1.98. The van der Waals surface area contributed by atoms with E-state index >= 15 is 0 Å². The van der Waals surface area contributed by atoms with Gasteiger partial charge >= 0.3 is 0 Å². The van der Waals surface area contributed by atoms with Crippen molar-refractivity contribution in [3.63, 3.8) is 0 Å². The van der Waals surface area contributed by atoms with Crippen LogP contribution >= 0.6 is 0 Å². The summed E-state index contributed by atoms with van der Waals surface area (Å²) in [7, 11) is 0. The molecule has 1 heterocycles. The molecule has 0 saturated heterocycles. The molecule has 0 aliphatic carbocycles. The van der Waals surface area contributed by atoms with Gasteiger partial charge in [-0.15, -0.1) is 0 Å². The number of hydrogen-bond donors (Lipinski definition) is 2. The van der Waals surface area contributed by atoms with E-state index in [-0.39, 0.29) is 0 Å². The second-order valence-corrected chi connectivity index (χ2v) is 3.90. The van der Waals surface area contributed by atoms with Crippen LogP contribution in [0.4, 0.5) is 5.82 Å². The van der Waals surface area contributed by atoms with Crippen molar-refractivity contribution in [1.29, 1.82) is 0 Å². The largest absolute Gasteiger partial charge is 0.386 e. The molecule has 0 saturated carbocycles. The Hall–Kier alpha value is -1.09. The molecule has 0 fully saturated rings. The maximum absolute atomic E-state index is 9.82. The van der Waals surface area contributed by atoms with Crippen LogP contribution in [-0.2, 0) is 5.60 Å². The molecule has 0 aliphatic rings. The van der Waals surface area contributed by atoms with Crippen LogP contribution in [0, 0.1) is 13.8 Å². The van der Waals surface area contributed by atoms with Crippen LogP contribution in [0.2, 0.25) is 0 Å². The Morgan fingerprint density at radius 3 is 2.31 bits per heavy atom. The fraction of sp³-hybridized carbons (Fsp3) is 0.500. The molecule has 0 bridgehead atoms. The number of aromatic nitrogens is 1. The van der Waals surface area contributed by atoms with Gasteiger partial charge < -0.3 is 10.8 Å². The molecule has 3 heteroatoms. The number of pyridine rings is 1. The highest BCUT2D eigenvalue weighted by Crippen LogP contribution is 2.27. The Labute approximate surface area is 78.6 Å². The summed E-state index contributed by atoms with van der Waals surface area (Å²) in [6, 6.07) is 1.92. The quantitative estimate of drug-likeness (QED) is 0.688. The van der Waals surface area contributed by atoms with E-state index in [1.165, 1.54) is 0 Å². The number of nitrogens with zero attached hydrogens (tertiary/aromatic N) is 1. The summed E-state index contributed by atoms with van der Waals surface area (Å²) in [6.07, 6.45) is 0. The molecule has 13 heavy (non-hydrogen) atoms. The molecule has 0 atom stereocenters. The lowest BCUT2D eigenvalue weighted by Crippen LogP contribution is -2.20. The van der Waals surface area contributed by atoms with E-state index < -0.39 is 5.60 Å². The number of aryl methyl sites for hydroxylation is 2. The molecule has 0 spiro atoms. The lowest BCUT2D eigenvalue weighted by molar-refractivity contribution is 0.0784. The van der Waals surface area contributed by atoms with E-state index in [0.717, 1.165) is 16.8 Å². The molecule has 1 aromatic rings. The zero-order valence-corrected chi connectivity index (χ0v) is 8.55. The number of rotatable bonds is 1. The number of nitrogens with two attached hydrogens (primary N) is 1. The van der Waals surface area contributed by atoms with Gasteiger partial charge in [0.2, 0.25) is 0 Å². The van der Waals surface area contributed by atoms with E-state index in [9.17, 15) is 5.11 Å². The van der Waals surface area contributed by atoms with Crippen LogP contribution in [0.15, 0.2) is 6.07 Å². The monoisotopic (exact) mass is 180 g/mol. The highest BCUT2D eigenvalue weighted by atomic mass is 16.3. The van der Waals surface area contributed by atoms with Crippen LogP contribution in [0.25, 0.3) is 0 Å². The summed E-state index contributed by atoms with van der Waals surface area (Å²) >= 11 is 0. The predicted octanol–water partition coefficient (Wildman–Crippen LogP) is 1.51. The maximum atomic E-state index is 9.82. The number of aliphatic hydroxyl groups is 1. The average molecular weight is 180 g/mol. The van der Waals surface area contributed by atoms with Gasteiger partial charge in [0.05, 0.1) is 5.60 Å². The van der Waals surface area contributed by atoms with Crippen LogP contribution in [0.1, 0.15) is 30.7 Å². The van der Waals surface area contributed by atoms with Gasteiger partial charge in [0.25, 0.3) is 0 Å². The fourth-order valence-electron chi connectivity index (χ4n) is 1.66. The Bertz CT molecular complexity index is 303. The van der Waals surface area contributed by atoms with E-state index in [1.54, 1.807) is 13.8 Å². The maximum Gasteiger partial charge on any atom is 0.130 e. The molecule has 0 unspecified atom stereocenters. The first kappa shape index (κ1) is 9.99. The fourth-order valence-corrected chi connectivity index (χ4v) is 1.66. The summed E-state index contributed by atoms with van der Waals surface area (Å²) in [5, 5.41) is 9.82. The minimum absolute atomic E-state index is 0.421. The van der Waals surface area contributed by atoms with Gasteiger partial charge in [0.15, 0.2) is 0 Å². The lowest BCUT2D eigenvalue weighted by Gasteiger charge is -2.21. The van der Waals surface area contributed by atoms with Crippen molar-refractivity contribution in [3.8, 4) is 0 Å². The third-order valence-corrected chi connectivity index (χ3v) is 1.98. The Kier molecular flexibility index (Phi) is 2.30. The lowest BCUT2D eigenvalue weighted by atomic mass is 9.94. The first-order chi connectivity index (χ1) is 5.82. The average Bonchev–Trinajstić information content (AvgIpc) is 1.78. The van der Waals surface area contributed by atoms with E-state index in [4.69, 9.17) is 5.73 Å². The normalized spacial score (nSPS) is 11.8. The van der Waals surface area contributed by atoms with Gasteiger partial charge in [-0.05, 0) is 39.3 Å². The first-order valence-corrected chi connectivity index (χ1v) is 4.29. The summed E-state index contributed by atoms with van der Waals surface area (Å²) in [4.78, 5) is 4.12. The molecule has 0 amide bonds.